The smallest absolute Gasteiger partial charge is 0.240 e. The number of furan rings is 1. The summed E-state index contributed by atoms with van der Waals surface area (Å²) in [5.41, 5.74) is 3.29. The van der Waals surface area contributed by atoms with Crippen LogP contribution in [0, 0.1) is 0 Å². The standard InChI is InChI=1S/C21H12Cl2N4O/c22-19-24-20(23)26-21(25-19)27(13-7-2-1-3-8-13)15-10-6-12-17-18(15)14-9-4-5-11-16(14)28-17/h1-12H. The maximum atomic E-state index is 6.07. The van der Waals surface area contributed by atoms with E-state index in [9.17, 15) is 0 Å². The van der Waals surface area contributed by atoms with Gasteiger partial charge in [0.05, 0.1) is 11.1 Å². The Morgan fingerprint density at radius 1 is 0.679 bits per heavy atom. The molecule has 7 heteroatoms. The summed E-state index contributed by atoms with van der Waals surface area (Å²) in [7, 11) is 0. The van der Waals surface area contributed by atoms with Gasteiger partial charge in [0.1, 0.15) is 11.2 Å². The summed E-state index contributed by atoms with van der Waals surface area (Å²) in [6.45, 7) is 0. The number of anilines is 3. The average Bonchev–Trinajstić information content (AvgIpc) is 3.08. The topological polar surface area (TPSA) is 55.1 Å². The normalized spacial score (nSPS) is 11.2. The molecule has 3 aromatic carbocycles. The van der Waals surface area contributed by atoms with Gasteiger partial charge in [-0.15, -0.1) is 0 Å². The van der Waals surface area contributed by atoms with Gasteiger partial charge in [-0.2, -0.15) is 15.0 Å². The Bertz CT molecular complexity index is 1280. The molecule has 0 N–H and O–H groups in total. The highest BCUT2D eigenvalue weighted by Gasteiger charge is 2.21. The van der Waals surface area contributed by atoms with E-state index >= 15 is 0 Å². The van der Waals surface area contributed by atoms with Gasteiger partial charge in [0.15, 0.2) is 0 Å². The minimum Gasteiger partial charge on any atom is -0.456 e. The van der Waals surface area contributed by atoms with E-state index in [0.717, 1.165) is 33.3 Å². The lowest BCUT2D eigenvalue weighted by atomic mass is 10.1. The molecular formula is C21H12Cl2N4O. The van der Waals surface area contributed by atoms with Gasteiger partial charge in [0, 0.05) is 11.1 Å². The fraction of sp³-hybridized carbons (Fsp3) is 0. The van der Waals surface area contributed by atoms with Gasteiger partial charge in [0.2, 0.25) is 16.5 Å². The number of hydrogen-bond donors (Lipinski definition) is 0. The van der Waals surface area contributed by atoms with E-state index < -0.39 is 0 Å². The molecule has 0 fully saturated rings. The lowest BCUT2D eigenvalue weighted by Gasteiger charge is -2.23. The summed E-state index contributed by atoms with van der Waals surface area (Å²) in [5.74, 6) is 0.328. The first kappa shape index (κ1) is 17.0. The highest BCUT2D eigenvalue weighted by Crippen LogP contribution is 2.41. The molecule has 0 aliphatic rings. The van der Waals surface area contributed by atoms with Crippen molar-refractivity contribution in [1.29, 1.82) is 0 Å². The molecule has 0 aliphatic carbocycles. The minimum absolute atomic E-state index is 0.0279. The predicted molar refractivity (Wildman–Crippen MR) is 112 cm³/mol. The molecule has 0 saturated carbocycles. The molecule has 5 nitrogen and oxygen atoms in total. The summed E-state index contributed by atoms with van der Waals surface area (Å²) < 4.78 is 6.03. The van der Waals surface area contributed by atoms with Crippen LogP contribution >= 0.6 is 23.2 Å². The Morgan fingerprint density at radius 3 is 2.14 bits per heavy atom. The molecule has 0 bridgehead atoms. The second-order valence-electron chi connectivity index (χ2n) is 6.09. The van der Waals surface area contributed by atoms with E-state index in [-0.39, 0.29) is 10.6 Å². The van der Waals surface area contributed by atoms with Crippen molar-refractivity contribution in [2.45, 2.75) is 0 Å². The molecule has 0 aliphatic heterocycles. The van der Waals surface area contributed by atoms with Crippen molar-refractivity contribution in [2.24, 2.45) is 0 Å². The van der Waals surface area contributed by atoms with Gasteiger partial charge in [-0.1, -0.05) is 42.5 Å². The van der Waals surface area contributed by atoms with E-state index in [1.54, 1.807) is 0 Å². The molecule has 0 amide bonds. The van der Waals surface area contributed by atoms with Crippen LogP contribution in [0.4, 0.5) is 17.3 Å². The molecule has 0 saturated heterocycles. The predicted octanol–water partition coefficient (Wildman–Crippen LogP) is 6.55. The van der Waals surface area contributed by atoms with Gasteiger partial charge < -0.3 is 4.42 Å². The summed E-state index contributed by atoms with van der Waals surface area (Å²) >= 11 is 12.1. The number of rotatable bonds is 3. The first-order chi connectivity index (χ1) is 13.7. The second kappa shape index (κ2) is 6.78. The molecular weight excluding hydrogens is 395 g/mol. The molecule has 0 unspecified atom stereocenters. The van der Waals surface area contributed by atoms with Gasteiger partial charge in [-0.05, 0) is 53.5 Å². The van der Waals surface area contributed by atoms with Crippen molar-refractivity contribution < 1.29 is 4.42 Å². The van der Waals surface area contributed by atoms with Crippen LogP contribution in [0.1, 0.15) is 0 Å². The van der Waals surface area contributed by atoms with E-state index in [0.29, 0.717) is 5.95 Å². The third kappa shape index (κ3) is 2.85. The largest absolute Gasteiger partial charge is 0.456 e. The van der Waals surface area contributed by atoms with Crippen molar-refractivity contribution in [3.05, 3.63) is 83.4 Å². The second-order valence-corrected chi connectivity index (χ2v) is 6.77. The summed E-state index contributed by atoms with van der Waals surface area (Å²) in [4.78, 5) is 14.4. The lowest BCUT2D eigenvalue weighted by Crippen LogP contribution is -2.14. The van der Waals surface area contributed by atoms with Crippen LogP contribution in [0.15, 0.2) is 77.2 Å². The van der Waals surface area contributed by atoms with Gasteiger partial charge in [-0.25, -0.2) is 0 Å². The SMILES string of the molecule is Clc1nc(Cl)nc(N(c2ccccc2)c2cccc3oc4ccccc4c23)n1. The van der Waals surface area contributed by atoms with Crippen molar-refractivity contribution >= 4 is 62.5 Å². The van der Waals surface area contributed by atoms with Crippen LogP contribution in [0.25, 0.3) is 21.9 Å². The van der Waals surface area contributed by atoms with Gasteiger partial charge in [0.25, 0.3) is 0 Å². The molecule has 0 radical (unpaired) electrons. The molecule has 5 aromatic rings. The van der Waals surface area contributed by atoms with Crippen molar-refractivity contribution in [3.8, 4) is 0 Å². The number of halogens is 2. The minimum atomic E-state index is 0.0279. The quantitative estimate of drug-likeness (QED) is 0.340. The number of hydrogen-bond acceptors (Lipinski definition) is 5. The van der Waals surface area contributed by atoms with E-state index in [4.69, 9.17) is 27.6 Å². The van der Waals surface area contributed by atoms with E-state index in [2.05, 4.69) is 15.0 Å². The number of nitrogens with zero attached hydrogens (tertiary/aromatic N) is 4. The number of benzene rings is 3. The monoisotopic (exact) mass is 406 g/mol. The van der Waals surface area contributed by atoms with Crippen molar-refractivity contribution in [1.82, 2.24) is 15.0 Å². The average molecular weight is 407 g/mol. The number of aromatic nitrogens is 3. The third-order valence-corrected chi connectivity index (χ3v) is 4.74. The van der Waals surface area contributed by atoms with Crippen LogP contribution in [0.3, 0.4) is 0 Å². The molecule has 0 spiro atoms. The van der Waals surface area contributed by atoms with Crippen LogP contribution < -0.4 is 4.90 Å². The first-order valence-corrected chi connectivity index (χ1v) is 9.29. The maximum absolute atomic E-state index is 6.07. The van der Waals surface area contributed by atoms with Crippen LogP contribution in [-0.4, -0.2) is 15.0 Å². The van der Waals surface area contributed by atoms with E-state index in [1.807, 2.05) is 77.7 Å². The zero-order valence-electron chi connectivity index (χ0n) is 14.4. The van der Waals surface area contributed by atoms with Gasteiger partial charge in [-0.3, -0.25) is 4.90 Å². The Balaban J connectivity index is 1.86. The Labute approximate surface area is 170 Å². The molecule has 28 heavy (non-hydrogen) atoms. The third-order valence-electron chi connectivity index (χ3n) is 4.40. The lowest BCUT2D eigenvalue weighted by molar-refractivity contribution is 0.669. The maximum Gasteiger partial charge on any atom is 0.240 e. The van der Waals surface area contributed by atoms with Crippen LogP contribution in [0.2, 0.25) is 10.6 Å². The van der Waals surface area contributed by atoms with Crippen LogP contribution in [-0.2, 0) is 0 Å². The molecule has 2 aromatic heterocycles. The molecule has 5 rings (SSSR count). The summed E-state index contributed by atoms with van der Waals surface area (Å²) in [5, 5.41) is 2.01. The Kier molecular flexibility index (Phi) is 4.11. The molecule has 2 heterocycles. The number of fused-ring (bicyclic) bond motifs is 3. The molecule has 136 valence electrons. The van der Waals surface area contributed by atoms with Gasteiger partial charge >= 0.3 is 0 Å². The highest BCUT2D eigenvalue weighted by molar-refractivity contribution is 6.31. The van der Waals surface area contributed by atoms with E-state index in [1.165, 1.54) is 0 Å². The molecule has 0 atom stereocenters. The fourth-order valence-corrected chi connectivity index (χ4v) is 3.65. The van der Waals surface area contributed by atoms with Crippen molar-refractivity contribution in [3.63, 3.8) is 0 Å². The first-order valence-electron chi connectivity index (χ1n) is 8.53. The summed E-state index contributed by atoms with van der Waals surface area (Å²) in [6, 6.07) is 23.5. The number of para-hydroxylation sites is 2. The Morgan fingerprint density at radius 2 is 1.36 bits per heavy atom. The van der Waals surface area contributed by atoms with Crippen molar-refractivity contribution in [2.75, 3.05) is 4.90 Å². The Hall–Kier alpha value is -3.15. The highest BCUT2D eigenvalue weighted by atomic mass is 35.5. The summed E-state index contributed by atoms with van der Waals surface area (Å²) in [6.07, 6.45) is 0. The fourth-order valence-electron chi connectivity index (χ4n) is 3.30. The van der Waals surface area contributed by atoms with Crippen LogP contribution in [0.5, 0.6) is 0 Å². The zero-order valence-corrected chi connectivity index (χ0v) is 15.9. The zero-order chi connectivity index (χ0) is 19.1.